The first kappa shape index (κ1) is 18.9. The number of carbonyl (C=O) groups is 1. The molecule has 0 radical (unpaired) electrons. The fraction of sp³-hybridized carbons (Fsp3) is 0.190. The first-order chi connectivity index (χ1) is 13.1. The molecule has 0 atom stereocenters. The monoisotopic (exact) mass is 380 g/mol. The molecule has 1 heterocycles. The number of anilines is 2. The molecule has 0 aliphatic carbocycles. The number of nitrogens with one attached hydrogen (secondary N) is 1. The van der Waals surface area contributed by atoms with Crippen LogP contribution in [-0.4, -0.2) is 27.3 Å². The van der Waals surface area contributed by atoms with E-state index in [0.717, 1.165) is 16.8 Å². The summed E-state index contributed by atoms with van der Waals surface area (Å²) in [5.74, 6) is 0.252. The van der Waals surface area contributed by atoms with Gasteiger partial charge in [0.2, 0.25) is 5.95 Å². The molecule has 0 aliphatic rings. The molecule has 0 aliphatic heterocycles. The zero-order valence-corrected chi connectivity index (χ0v) is 16.1. The Morgan fingerprint density at radius 3 is 2.63 bits per heavy atom. The third-order valence-electron chi connectivity index (χ3n) is 4.19. The van der Waals surface area contributed by atoms with Crippen LogP contribution in [0.1, 0.15) is 28.5 Å². The lowest BCUT2D eigenvalue weighted by Gasteiger charge is -2.20. The number of carbonyl (C=O) groups excluding carboxylic acids is 1. The number of aryl methyl sites for hydroxylation is 1. The van der Waals surface area contributed by atoms with Gasteiger partial charge in [-0.15, -0.1) is 0 Å². The van der Waals surface area contributed by atoms with Crippen LogP contribution in [0.5, 0.6) is 0 Å². The summed E-state index contributed by atoms with van der Waals surface area (Å²) in [4.78, 5) is 23.3. The summed E-state index contributed by atoms with van der Waals surface area (Å²) >= 11 is 5.99. The third kappa shape index (κ3) is 4.83. The number of hydrogen-bond donors (Lipinski definition) is 1. The predicted molar refractivity (Wildman–Crippen MR) is 108 cm³/mol. The topological polar surface area (TPSA) is 58.1 Å². The van der Waals surface area contributed by atoms with Crippen LogP contribution >= 0.6 is 11.6 Å². The van der Waals surface area contributed by atoms with Gasteiger partial charge in [0.05, 0.1) is 0 Å². The highest BCUT2D eigenvalue weighted by Gasteiger charge is 2.17. The van der Waals surface area contributed by atoms with E-state index in [0.29, 0.717) is 29.8 Å². The van der Waals surface area contributed by atoms with Gasteiger partial charge in [-0.1, -0.05) is 41.9 Å². The Bertz CT molecular complexity index is 930. The van der Waals surface area contributed by atoms with E-state index >= 15 is 0 Å². The molecule has 0 fully saturated rings. The molecule has 2 aromatic carbocycles. The molecule has 0 saturated carbocycles. The Hall–Kier alpha value is -2.92. The number of halogens is 1. The summed E-state index contributed by atoms with van der Waals surface area (Å²) < 4.78 is 0. The van der Waals surface area contributed by atoms with Gasteiger partial charge in [-0.3, -0.25) is 4.79 Å². The maximum absolute atomic E-state index is 12.9. The van der Waals surface area contributed by atoms with E-state index in [4.69, 9.17) is 11.6 Å². The molecule has 0 spiro atoms. The van der Waals surface area contributed by atoms with Crippen LogP contribution in [0.25, 0.3) is 0 Å². The minimum atomic E-state index is -0.125. The SMILES string of the molecule is CCN(Cc1ccccc1)C(=O)c1ccnc(Nc2ccc(Cl)cc2C)n1. The predicted octanol–water partition coefficient (Wildman–Crippen LogP) is 4.84. The highest BCUT2D eigenvalue weighted by molar-refractivity contribution is 6.30. The Morgan fingerprint density at radius 1 is 1.15 bits per heavy atom. The van der Waals surface area contributed by atoms with Gasteiger partial charge >= 0.3 is 0 Å². The van der Waals surface area contributed by atoms with Crippen molar-refractivity contribution in [2.75, 3.05) is 11.9 Å². The summed E-state index contributed by atoms with van der Waals surface area (Å²) in [6.45, 7) is 5.04. The van der Waals surface area contributed by atoms with Crippen molar-refractivity contribution in [2.45, 2.75) is 20.4 Å². The Kier molecular flexibility index (Phi) is 6.04. The number of nitrogens with zero attached hydrogens (tertiary/aromatic N) is 3. The van der Waals surface area contributed by atoms with E-state index in [-0.39, 0.29) is 5.91 Å². The second kappa shape index (κ2) is 8.64. The molecule has 3 aromatic rings. The second-order valence-corrected chi connectivity index (χ2v) is 6.59. The minimum Gasteiger partial charge on any atom is -0.333 e. The van der Waals surface area contributed by atoms with Crippen molar-refractivity contribution in [2.24, 2.45) is 0 Å². The van der Waals surface area contributed by atoms with Gasteiger partial charge in [-0.2, -0.15) is 0 Å². The van der Waals surface area contributed by atoms with Gasteiger partial charge in [0.15, 0.2) is 0 Å². The lowest BCUT2D eigenvalue weighted by molar-refractivity contribution is 0.0746. The molecular formula is C21H21ClN4O. The van der Waals surface area contributed by atoms with Crippen LogP contribution in [0.2, 0.25) is 5.02 Å². The van der Waals surface area contributed by atoms with Crippen LogP contribution in [-0.2, 0) is 6.54 Å². The molecule has 3 rings (SSSR count). The van der Waals surface area contributed by atoms with Gasteiger partial charge in [0, 0.05) is 30.0 Å². The average Bonchev–Trinajstić information content (AvgIpc) is 2.69. The van der Waals surface area contributed by atoms with Crippen molar-refractivity contribution >= 4 is 29.1 Å². The number of benzene rings is 2. The van der Waals surface area contributed by atoms with Crippen LogP contribution in [0.3, 0.4) is 0 Å². The average molecular weight is 381 g/mol. The van der Waals surface area contributed by atoms with Gasteiger partial charge in [-0.05, 0) is 49.2 Å². The molecule has 1 aromatic heterocycles. The van der Waals surface area contributed by atoms with Crippen LogP contribution in [0, 0.1) is 6.92 Å². The third-order valence-corrected chi connectivity index (χ3v) is 4.43. The van der Waals surface area contributed by atoms with Crippen LogP contribution in [0.4, 0.5) is 11.6 Å². The van der Waals surface area contributed by atoms with E-state index in [1.165, 1.54) is 0 Å². The largest absolute Gasteiger partial charge is 0.333 e. The quantitative estimate of drug-likeness (QED) is 0.664. The highest BCUT2D eigenvalue weighted by atomic mass is 35.5. The molecular weight excluding hydrogens is 360 g/mol. The first-order valence-electron chi connectivity index (χ1n) is 8.76. The van der Waals surface area contributed by atoms with E-state index in [2.05, 4.69) is 15.3 Å². The van der Waals surface area contributed by atoms with Crippen molar-refractivity contribution in [1.82, 2.24) is 14.9 Å². The number of hydrogen-bond acceptors (Lipinski definition) is 4. The molecule has 5 nitrogen and oxygen atoms in total. The van der Waals surface area contributed by atoms with E-state index in [9.17, 15) is 4.79 Å². The standard InChI is InChI=1S/C21H21ClN4O/c1-3-26(14-16-7-5-4-6-8-16)20(27)19-11-12-23-21(25-19)24-18-10-9-17(22)13-15(18)2/h4-13H,3,14H2,1-2H3,(H,23,24,25). The van der Waals surface area contributed by atoms with Crippen LogP contribution < -0.4 is 5.32 Å². The number of rotatable bonds is 6. The summed E-state index contributed by atoms with van der Waals surface area (Å²) in [5, 5.41) is 3.82. The second-order valence-electron chi connectivity index (χ2n) is 6.15. The zero-order chi connectivity index (χ0) is 19.2. The highest BCUT2D eigenvalue weighted by Crippen LogP contribution is 2.22. The normalized spacial score (nSPS) is 10.5. The van der Waals surface area contributed by atoms with E-state index in [1.54, 1.807) is 23.2 Å². The summed E-state index contributed by atoms with van der Waals surface area (Å²) in [6.07, 6.45) is 1.59. The Labute approximate surface area is 164 Å². The molecule has 138 valence electrons. The van der Waals surface area contributed by atoms with Gasteiger partial charge in [0.1, 0.15) is 5.69 Å². The minimum absolute atomic E-state index is 0.125. The van der Waals surface area contributed by atoms with Crippen molar-refractivity contribution in [1.29, 1.82) is 0 Å². The van der Waals surface area contributed by atoms with E-state index in [1.807, 2.05) is 56.3 Å². The summed E-state index contributed by atoms with van der Waals surface area (Å²) in [7, 11) is 0. The fourth-order valence-electron chi connectivity index (χ4n) is 2.72. The summed E-state index contributed by atoms with van der Waals surface area (Å²) in [5.41, 5.74) is 3.26. The smallest absolute Gasteiger partial charge is 0.272 e. The number of aromatic nitrogens is 2. The van der Waals surface area contributed by atoms with Gasteiger partial charge in [-0.25, -0.2) is 9.97 Å². The van der Waals surface area contributed by atoms with Crippen molar-refractivity contribution in [3.8, 4) is 0 Å². The Morgan fingerprint density at radius 2 is 1.93 bits per heavy atom. The van der Waals surface area contributed by atoms with Crippen molar-refractivity contribution in [3.05, 3.63) is 82.6 Å². The maximum Gasteiger partial charge on any atom is 0.272 e. The molecule has 0 unspecified atom stereocenters. The molecule has 1 amide bonds. The van der Waals surface area contributed by atoms with E-state index < -0.39 is 0 Å². The number of amides is 1. The van der Waals surface area contributed by atoms with Gasteiger partial charge in [0.25, 0.3) is 5.91 Å². The summed E-state index contributed by atoms with van der Waals surface area (Å²) in [6, 6.07) is 17.1. The molecule has 1 N–H and O–H groups in total. The molecule has 0 bridgehead atoms. The van der Waals surface area contributed by atoms with Gasteiger partial charge < -0.3 is 10.2 Å². The Balaban J connectivity index is 1.78. The van der Waals surface area contributed by atoms with Crippen LogP contribution in [0.15, 0.2) is 60.8 Å². The molecule has 6 heteroatoms. The first-order valence-corrected chi connectivity index (χ1v) is 9.14. The molecule has 27 heavy (non-hydrogen) atoms. The maximum atomic E-state index is 12.9. The fourth-order valence-corrected chi connectivity index (χ4v) is 2.95. The van der Waals surface area contributed by atoms with Crippen molar-refractivity contribution < 1.29 is 4.79 Å². The lowest BCUT2D eigenvalue weighted by atomic mass is 10.2. The van der Waals surface area contributed by atoms with Crippen molar-refractivity contribution in [3.63, 3.8) is 0 Å². The molecule has 0 saturated heterocycles. The lowest BCUT2D eigenvalue weighted by Crippen LogP contribution is -2.31. The zero-order valence-electron chi connectivity index (χ0n) is 15.3.